The molecule has 0 unspecified atom stereocenters. The number of rotatable bonds is 4. The molecular formula is C19H21FN6O2. The highest BCUT2D eigenvalue weighted by molar-refractivity contribution is 5.73. The lowest BCUT2D eigenvalue weighted by atomic mass is 10.0. The van der Waals surface area contributed by atoms with E-state index in [9.17, 15) is 9.50 Å². The summed E-state index contributed by atoms with van der Waals surface area (Å²) in [4.78, 5) is 6.00. The van der Waals surface area contributed by atoms with Gasteiger partial charge in [0.1, 0.15) is 17.6 Å². The first-order valence-corrected chi connectivity index (χ1v) is 8.99. The largest absolute Gasteiger partial charge is 0.507 e. The molecule has 1 aliphatic rings. The van der Waals surface area contributed by atoms with Gasteiger partial charge in [-0.25, -0.2) is 9.37 Å². The molecule has 1 N–H and O–H groups in total. The molecule has 9 heteroatoms. The van der Waals surface area contributed by atoms with Crippen molar-refractivity contribution >= 4 is 5.95 Å². The summed E-state index contributed by atoms with van der Waals surface area (Å²) in [6, 6.07) is 4.96. The molecule has 2 aromatic heterocycles. The minimum Gasteiger partial charge on any atom is -0.507 e. The average molecular weight is 384 g/mol. The van der Waals surface area contributed by atoms with Crippen LogP contribution in [0.2, 0.25) is 0 Å². The van der Waals surface area contributed by atoms with E-state index < -0.39 is 6.17 Å². The molecule has 0 aliphatic carbocycles. The summed E-state index contributed by atoms with van der Waals surface area (Å²) in [6.45, 7) is 0.593. The van der Waals surface area contributed by atoms with Crippen molar-refractivity contribution in [1.82, 2.24) is 25.0 Å². The van der Waals surface area contributed by atoms with Gasteiger partial charge in [0.15, 0.2) is 0 Å². The molecule has 0 saturated carbocycles. The Morgan fingerprint density at radius 1 is 1.25 bits per heavy atom. The molecule has 0 amide bonds. The second-order valence-corrected chi connectivity index (χ2v) is 6.84. The van der Waals surface area contributed by atoms with Crippen LogP contribution in [0.1, 0.15) is 6.42 Å². The van der Waals surface area contributed by atoms with Gasteiger partial charge in [0.2, 0.25) is 5.95 Å². The highest BCUT2D eigenvalue weighted by atomic mass is 19.1. The summed E-state index contributed by atoms with van der Waals surface area (Å²) in [5.74, 6) is 0.413. The molecule has 4 rings (SSSR count). The van der Waals surface area contributed by atoms with Crippen LogP contribution in [0, 0.1) is 0 Å². The topological polar surface area (TPSA) is 89.2 Å². The SMILES string of the molecule is CN(c1ncc(-c2ccc(-c3cnn(C)c3)cc2O)nn1)[C@@H]1CCOC[C@@H]1F. The zero-order chi connectivity index (χ0) is 19.7. The van der Waals surface area contributed by atoms with Gasteiger partial charge >= 0.3 is 0 Å². The summed E-state index contributed by atoms with van der Waals surface area (Å²) in [6.07, 6.45) is 4.61. The Hall–Kier alpha value is -3.07. The lowest BCUT2D eigenvalue weighted by Crippen LogP contribution is -2.46. The first-order chi connectivity index (χ1) is 13.5. The Kier molecular flexibility index (Phi) is 4.91. The van der Waals surface area contributed by atoms with Gasteiger partial charge in [-0.15, -0.1) is 10.2 Å². The Morgan fingerprint density at radius 2 is 2.11 bits per heavy atom. The van der Waals surface area contributed by atoms with Gasteiger partial charge < -0.3 is 14.7 Å². The van der Waals surface area contributed by atoms with Gasteiger partial charge in [-0.05, 0) is 24.1 Å². The maximum absolute atomic E-state index is 14.1. The van der Waals surface area contributed by atoms with E-state index in [4.69, 9.17) is 4.74 Å². The fourth-order valence-electron chi connectivity index (χ4n) is 3.33. The normalized spacial score (nSPS) is 19.5. The van der Waals surface area contributed by atoms with Crippen LogP contribution >= 0.6 is 0 Å². The molecule has 146 valence electrons. The number of alkyl halides is 1. The Balaban J connectivity index is 1.55. The summed E-state index contributed by atoms with van der Waals surface area (Å²) in [5.41, 5.74) is 2.72. The lowest BCUT2D eigenvalue weighted by Gasteiger charge is -2.33. The van der Waals surface area contributed by atoms with E-state index in [1.54, 1.807) is 35.0 Å². The van der Waals surface area contributed by atoms with E-state index >= 15 is 0 Å². The third-order valence-electron chi connectivity index (χ3n) is 4.93. The van der Waals surface area contributed by atoms with Crippen LogP contribution in [0.4, 0.5) is 10.3 Å². The van der Waals surface area contributed by atoms with Gasteiger partial charge in [0.05, 0.1) is 25.0 Å². The second-order valence-electron chi connectivity index (χ2n) is 6.84. The van der Waals surface area contributed by atoms with Crippen LogP contribution in [0.25, 0.3) is 22.4 Å². The number of anilines is 1. The van der Waals surface area contributed by atoms with Crippen LogP contribution < -0.4 is 4.90 Å². The predicted octanol–water partition coefficient (Wildman–Crippen LogP) is 2.21. The number of hydrogen-bond donors (Lipinski definition) is 1. The summed E-state index contributed by atoms with van der Waals surface area (Å²) >= 11 is 0. The van der Waals surface area contributed by atoms with Crippen molar-refractivity contribution in [2.75, 3.05) is 25.2 Å². The highest BCUT2D eigenvalue weighted by Crippen LogP contribution is 2.32. The zero-order valence-corrected chi connectivity index (χ0v) is 15.7. The number of aromatic nitrogens is 5. The number of phenolic OH excluding ortho intramolecular Hbond substituents is 1. The third kappa shape index (κ3) is 3.53. The van der Waals surface area contributed by atoms with Crippen molar-refractivity contribution in [2.45, 2.75) is 18.6 Å². The summed E-state index contributed by atoms with van der Waals surface area (Å²) in [7, 11) is 3.59. The van der Waals surface area contributed by atoms with Crippen molar-refractivity contribution in [1.29, 1.82) is 0 Å². The molecule has 1 saturated heterocycles. The van der Waals surface area contributed by atoms with Gasteiger partial charge in [-0.3, -0.25) is 4.68 Å². The minimum absolute atomic E-state index is 0.0757. The maximum atomic E-state index is 14.1. The van der Waals surface area contributed by atoms with E-state index in [0.29, 0.717) is 30.2 Å². The van der Waals surface area contributed by atoms with Crippen molar-refractivity contribution in [2.24, 2.45) is 7.05 Å². The van der Waals surface area contributed by atoms with Crippen molar-refractivity contribution in [3.63, 3.8) is 0 Å². The number of nitrogens with zero attached hydrogens (tertiary/aromatic N) is 6. The van der Waals surface area contributed by atoms with Crippen LogP contribution in [0.3, 0.4) is 0 Å². The Bertz CT molecular complexity index is 961. The van der Waals surface area contributed by atoms with Gasteiger partial charge in [0.25, 0.3) is 0 Å². The number of hydrogen-bond acceptors (Lipinski definition) is 7. The first-order valence-electron chi connectivity index (χ1n) is 8.99. The Labute approximate surface area is 161 Å². The van der Waals surface area contributed by atoms with E-state index in [1.807, 2.05) is 19.3 Å². The number of phenols is 1. The molecular weight excluding hydrogens is 363 g/mol. The minimum atomic E-state index is -1.09. The molecule has 0 bridgehead atoms. The molecule has 1 aromatic carbocycles. The maximum Gasteiger partial charge on any atom is 0.245 e. The first kappa shape index (κ1) is 18.3. The van der Waals surface area contributed by atoms with Crippen LogP contribution in [0.15, 0.2) is 36.8 Å². The van der Waals surface area contributed by atoms with Crippen molar-refractivity contribution < 1.29 is 14.2 Å². The number of halogens is 1. The van der Waals surface area contributed by atoms with Gasteiger partial charge in [0, 0.05) is 38.0 Å². The standard InChI is InChI=1S/C19H21FN6O2/c1-25-10-13(8-22-25)12-3-4-14(18(27)7-12)16-9-21-19(24-23-16)26(2)17-5-6-28-11-15(17)20/h3-4,7-10,15,17,27H,5-6,11H2,1-2H3/t15-,17+/m0/s1. The quantitative estimate of drug-likeness (QED) is 0.738. The molecule has 1 fully saturated rings. The summed E-state index contributed by atoms with van der Waals surface area (Å²) < 4.78 is 20.9. The van der Waals surface area contributed by atoms with Crippen molar-refractivity contribution in [3.8, 4) is 28.1 Å². The van der Waals surface area contributed by atoms with Crippen LogP contribution in [-0.4, -0.2) is 62.5 Å². The molecule has 3 heterocycles. The number of benzene rings is 1. The van der Waals surface area contributed by atoms with E-state index in [2.05, 4.69) is 20.3 Å². The Morgan fingerprint density at radius 3 is 2.75 bits per heavy atom. The fraction of sp³-hybridized carbons (Fsp3) is 0.368. The van der Waals surface area contributed by atoms with E-state index in [-0.39, 0.29) is 18.4 Å². The monoisotopic (exact) mass is 384 g/mol. The van der Waals surface area contributed by atoms with Crippen molar-refractivity contribution in [3.05, 3.63) is 36.8 Å². The molecule has 3 aromatic rings. The number of aryl methyl sites for hydroxylation is 1. The smallest absolute Gasteiger partial charge is 0.245 e. The molecule has 2 atom stereocenters. The lowest BCUT2D eigenvalue weighted by molar-refractivity contribution is 0.0223. The molecule has 1 aliphatic heterocycles. The number of aromatic hydroxyl groups is 1. The molecule has 0 radical (unpaired) electrons. The van der Waals surface area contributed by atoms with Crippen LogP contribution in [0.5, 0.6) is 5.75 Å². The average Bonchev–Trinajstić information content (AvgIpc) is 3.14. The molecule has 8 nitrogen and oxygen atoms in total. The number of ether oxygens (including phenoxy) is 1. The second kappa shape index (κ2) is 7.51. The van der Waals surface area contributed by atoms with Gasteiger partial charge in [-0.1, -0.05) is 6.07 Å². The highest BCUT2D eigenvalue weighted by Gasteiger charge is 2.30. The van der Waals surface area contributed by atoms with E-state index in [0.717, 1.165) is 11.1 Å². The van der Waals surface area contributed by atoms with Gasteiger partial charge in [-0.2, -0.15) is 5.10 Å². The summed E-state index contributed by atoms with van der Waals surface area (Å²) in [5, 5.41) is 22.9. The van der Waals surface area contributed by atoms with E-state index in [1.165, 1.54) is 6.20 Å². The molecule has 28 heavy (non-hydrogen) atoms. The zero-order valence-electron chi connectivity index (χ0n) is 15.7. The fourth-order valence-corrected chi connectivity index (χ4v) is 3.33. The molecule has 0 spiro atoms. The predicted molar refractivity (Wildman–Crippen MR) is 102 cm³/mol. The third-order valence-corrected chi connectivity index (χ3v) is 4.93. The van der Waals surface area contributed by atoms with Crippen LogP contribution in [-0.2, 0) is 11.8 Å².